The molecular formula is C9H11ClN2. The number of hydrogen-bond acceptors (Lipinski definition) is 2. The van der Waals surface area contributed by atoms with Crippen LogP contribution in [0.15, 0.2) is 18.2 Å². The molecule has 0 radical (unpaired) electrons. The third-order valence-corrected chi connectivity index (χ3v) is 2.51. The van der Waals surface area contributed by atoms with Gasteiger partial charge in [0, 0.05) is 29.7 Å². The highest BCUT2D eigenvalue weighted by atomic mass is 35.5. The Hall–Kier alpha value is -0.730. The number of halogens is 1. The van der Waals surface area contributed by atoms with Gasteiger partial charge in [0.05, 0.1) is 0 Å². The minimum Gasteiger partial charge on any atom is -0.384 e. The van der Waals surface area contributed by atoms with Gasteiger partial charge in [0.15, 0.2) is 0 Å². The van der Waals surface area contributed by atoms with Crippen molar-refractivity contribution < 1.29 is 0 Å². The van der Waals surface area contributed by atoms with Gasteiger partial charge in [-0.1, -0.05) is 11.6 Å². The fourth-order valence-electron chi connectivity index (χ4n) is 1.59. The van der Waals surface area contributed by atoms with Crippen LogP contribution in [0.25, 0.3) is 0 Å². The number of rotatable bonds is 1. The molecule has 3 heteroatoms. The van der Waals surface area contributed by atoms with Gasteiger partial charge in [0.2, 0.25) is 0 Å². The third-order valence-electron chi connectivity index (χ3n) is 2.28. The second-order valence-corrected chi connectivity index (χ2v) is 3.48. The Morgan fingerprint density at radius 2 is 2.42 bits per heavy atom. The first-order valence-electron chi connectivity index (χ1n) is 4.04. The maximum absolute atomic E-state index is 5.88. The number of benzene rings is 1. The van der Waals surface area contributed by atoms with E-state index >= 15 is 0 Å². The lowest BCUT2D eigenvalue weighted by molar-refractivity contribution is 0.767. The maximum atomic E-state index is 5.88. The van der Waals surface area contributed by atoms with Crippen molar-refractivity contribution in [2.45, 2.75) is 5.92 Å². The summed E-state index contributed by atoms with van der Waals surface area (Å²) in [4.78, 5) is 0. The molecule has 1 aliphatic rings. The van der Waals surface area contributed by atoms with Gasteiger partial charge >= 0.3 is 0 Å². The molecule has 0 amide bonds. The Morgan fingerprint density at radius 1 is 1.58 bits per heavy atom. The predicted octanol–water partition coefficient (Wildman–Crippen LogP) is 1.81. The third kappa shape index (κ3) is 1.17. The Kier molecular flexibility index (Phi) is 1.95. The van der Waals surface area contributed by atoms with Crippen molar-refractivity contribution in [2.75, 3.05) is 18.4 Å². The van der Waals surface area contributed by atoms with Crippen molar-refractivity contribution in [3.63, 3.8) is 0 Å². The summed E-state index contributed by atoms with van der Waals surface area (Å²) in [5.74, 6) is 0.429. The van der Waals surface area contributed by atoms with Crippen LogP contribution in [0.3, 0.4) is 0 Å². The highest BCUT2D eigenvalue weighted by Gasteiger charge is 2.20. The van der Waals surface area contributed by atoms with Crippen LogP contribution in [0.4, 0.5) is 5.69 Å². The van der Waals surface area contributed by atoms with Gasteiger partial charge in [-0.15, -0.1) is 0 Å². The highest BCUT2D eigenvalue weighted by Crippen LogP contribution is 2.32. The molecule has 1 unspecified atom stereocenters. The first-order valence-corrected chi connectivity index (χ1v) is 4.42. The topological polar surface area (TPSA) is 38.0 Å². The van der Waals surface area contributed by atoms with Crippen molar-refractivity contribution in [3.8, 4) is 0 Å². The van der Waals surface area contributed by atoms with Crippen LogP contribution in [0.5, 0.6) is 0 Å². The van der Waals surface area contributed by atoms with E-state index in [-0.39, 0.29) is 0 Å². The van der Waals surface area contributed by atoms with E-state index in [1.54, 1.807) is 0 Å². The quantitative estimate of drug-likeness (QED) is 0.695. The zero-order valence-corrected chi connectivity index (χ0v) is 7.43. The highest BCUT2D eigenvalue weighted by molar-refractivity contribution is 6.30. The van der Waals surface area contributed by atoms with Crippen molar-refractivity contribution >= 4 is 17.3 Å². The number of nitrogens with one attached hydrogen (secondary N) is 1. The molecule has 1 aromatic carbocycles. The molecule has 12 heavy (non-hydrogen) atoms. The van der Waals surface area contributed by atoms with E-state index in [1.165, 1.54) is 11.3 Å². The fraction of sp³-hybridized carbons (Fsp3) is 0.333. The molecule has 0 aliphatic carbocycles. The molecule has 1 aliphatic heterocycles. The standard InChI is InChI=1S/C9H11ClN2/c10-7-1-2-9-8(3-7)6(4-11)5-12-9/h1-3,6,12H,4-5,11H2. The lowest BCUT2D eigenvalue weighted by atomic mass is 10.0. The van der Waals surface area contributed by atoms with E-state index in [4.69, 9.17) is 17.3 Å². The summed E-state index contributed by atoms with van der Waals surface area (Å²) in [6.45, 7) is 1.62. The molecular weight excluding hydrogens is 172 g/mol. The summed E-state index contributed by atoms with van der Waals surface area (Å²) in [6, 6.07) is 5.90. The monoisotopic (exact) mass is 182 g/mol. The lowest BCUT2D eigenvalue weighted by Gasteiger charge is -2.05. The molecule has 1 atom stereocenters. The van der Waals surface area contributed by atoms with Crippen molar-refractivity contribution in [1.29, 1.82) is 0 Å². The Balaban J connectivity index is 2.42. The van der Waals surface area contributed by atoms with Gasteiger partial charge in [-0.25, -0.2) is 0 Å². The van der Waals surface area contributed by atoms with Crippen LogP contribution in [-0.4, -0.2) is 13.1 Å². The number of fused-ring (bicyclic) bond motifs is 1. The van der Waals surface area contributed by atoms with Crippen LogP contribution < -0.4 is 11.1 Å². The number of nitrogens with two attached hydrogens (primary N) is 1. The molecule has 64 valence electrons. The van der Waals surface area contributed by atoms with E-state index < -0.39 is 0 Å². The van der Waals surface area contributed by atoms with Crippen LogP contribution in [0, 0.1) is 0 Å². The molecule has 3 N–H and O–H groups in total. The summed E-state index contributed by atoms with van der Waals surface area (Å²) in [7, 11) is 0. The lowest BCUT2D eigenvalue weighted by Crippen LogP contribution is -2.13. The van der Waals surface area contributed by atoms with Gasteiger partial charge < -0.3 is 11.1 Å². The molecule has 0 aromatic heterocycles. The minimum absolute atomic E-state index is 0.429. The summed E-state index contributed by atoms with van der Waals surface area (Å²) in [5, 5.41) is 4.08. The average Bonchev–Trinajstić information content (AvgIpc) is 2.46. The number of anilines is 1. The minimum atomic E-state index is 0.429. The number of hydrogen-bond donors (Lipinski definition) is 2. The average molecular weight is 183 g/mol. The summed E-state index contributed by atoms with van der Waals surface area (Å²) < 4.78 is 0. The van der Waals surface area contributed by atoms with Gasteiger partial charge in [-0.2, -0.15) is 0 Å². The van der Waals surface area contributed by atoms with Gasteiger partial charge in [0.25, 0.3) is 0 Å². The van der Waals surface area contributed by atoms with E-state index in [2.05, 4.69) is 5.32 Å². The first-order chi connectivity index (χ1) is 5.81. The second kappa shape index (κ2) is 2.96. The largest absolute Gasteiger partial charge is 0.384 e. The normalized spacial score (nSPS) is 20.3. The molecule has 1 aromatic rings. The summed E-state index contributed by atoms with van der Waals surface area (Å²) >= 11 is 5.88. The van der Waals surface area contributed by atoms with Gasteiger partial charge in [-0.05, 0) is 23.8 Å². The molecule has 0 spiro atoms. The van der Waals surface area contributed by atoms with Crippen molar-refractivity contribution in [2.24, 2.45) is 5.73 Å². The molecule has 0 bridgehead atoms. The van der Waals surface area contributed by atoms with E-state index in [9.17, 15) is 0 Å². The van der Waals surface area contributed by atoms with Crippen molar-refractivity contribution in [3.05, 3.63) is 28.8 Å². The van der Waals surface area contributed by atoms with E-state index in [0.717, 1.165) is 11.6 Å². The van der Waals surface area contributed by atoms with Crippen LogP contribution in [-0.2, 0) is 0 Å². The zero-order chi connectivity index (χ0) is 8.55. The van der Waals surface area contributed by atoms with Crippen LogP contribution in [0.1, 0.15) is 11.5 Å². The smallest absolute Gasteiger partial charge is 0.0410 e. The molecule has 2 rings (SSSR count). The molecule has 0 fully saturated rings. The predicted molar refractivity (Wildman–Crippen MR) is 51.7 cm³/mol. The SMILES string of the molecule is NCC1CNc2ccc(Cl)cc21. The van der Waals surface area contributed by atoms with Crippen LogP contribution >= 0.6 is 11.6 Å². The first kappa shape index (κ1) is 7.90. The second-order valence-electron chi connectivity index (χ2n) is 3.05. The molecule has 2 nitrogen and oxygen atoms in total. The maximum Gasteiger partial charge on any atom is 0.0410 e. The van der Waals surface area contributed by atoms with E-state index in [1.807, 2.05) is 18.2 Å². The summed E-state index contributed by atoms with van der Waals surface area (Å²) in [5.41, 5.74) is 8.05. The zero-order valence-electron chi connectivity index (χ0n) is 6.68. The molecule has 1 heterocycles. The summed E-state index contributed by atoms with van der Waals surface area (Å²) in [6.07, 6.45) is 0. The Bertz CT molecular complexity index is 299. The van der Waals surface area contributed by atoms with Gasteiger partial charge in [0.1, 0.15) is 0 Å². The van der Waals surface area contributed by atoms with Crippen molar-refractivity contribution in [1.82, 2.24) is 0 Å². The molecule has 0 saturated heterocycles. The fourth-order valence-corrected chi connectivity index (χ4v) is 1.77. The Labute approximate surface area is 76.7 Å². The van der Waals surface area contributed by atoms with Crippen LogP contribution in [0.2, 0.25) is 5.02 Å². The van der Waals surface area contributed by atoms with Gasteiger partial charge in [-0.3, -0.25) is 0 Å². The molecule has 0 saturated carbocycles. The van der Waals surface area contributed by atoms with E-state index in [0.29, 0.717) is 12.5 Å². The Morgan fingerprint density at radius 3 is 3.17 bits per heavy atom.